The number of hydrogen-bond acceptors (Lipinski definition) is 8. The van der Waals surface area contributed by atoms with E-state index in [9.17, 15) is 9.90 Å². The summed E-state index contributed by atoms with van der Waals surface area (Å²) < 4.78 is 8.05. The molecule has 0 radical (unpaired) electrons. The van der Waals surface area contributed by atoms with Crippen LogP contribution in [0.3, 0.4) is 0 Å². The first kappa shape index (κ1) is 30.8. The van der Waals surface area contributed by atoms with E-state index in [2.05, 4.69) is 39.6 Å². The quantitative estimate of drug-likeness (QED) is 0.123. The zero-order valence-electron chi connectivity index (χ0n) is 24.5. The third-order valence-corrected chi connectivity index (χ3v) is 6.40. The smallest absolute Gasteiger partial charge is 0.222 e. The van der Waals surface area contributed by atoms with Crippen LogP contribution in [-0.4, -0.2) is 50.0 Å². The van der Waals surface area contributed by atoms with Crippen molar-refractivity contribution in [2.75, 3.05) is 18.5 Å². The molecule has 11 heteroatoms. The highest BCUT2D eigenvalue weighted by Gasteiger charge is 2.18. The van der Waals surface area contributed by atoms with Crippen molar-refractivity contribution in [1.29, 1.82) is 0 Å². The van der Waals surface area contributed by atoms with E-state index in [1.54, 1.807) is 26.0 Å². The van der Waals surface area contributed by atoms with Crippen molar-refractivity contribution in [3.05, 3.63) is 71.6 Å². The first-order valence-corrected chi connectivity index (χ1v) is 14.2. The van der Waals surface area contributed by atoms with Gasteiger partial charge in [0, 0.05) is 30.5 Å². The minimum absolute atomic E-state index is 0.0303. The van der Waals surface area contributed by atoms with Gasteiger partial charge in [0.1, 0.15) is 29.9 Å². The molecular weight excluding hydrogens is 556 g/mol. The first-order valence-electron chi connectivity index (χ1n) is 13.8. The Hall–Kier alpha value is -4.15. The number of hydrogen-bond donors (Lipinski definition) is 3. The van der Waals surface area contributed by atoms with Crippen molar-refractivity contribution in [3.63, 3.8) is 0 Å². The van der Waals surface area contributed by atoms with Crippen LogP contribution in [0, 0.1) is 5.92 Å². The molecule has 222 valence electrons. The second-order valence-electron chi connectivity index (χ2n) is 11.1. The maximum atomic E-state index is 12.1. The van der Waals surface area contributed by atoms with Crippen LogP contribution in [0.2, 0.25) is 5.02 Å². The van der Waals surface area contributed by atoms with E-state index in [4.69, 9.17) is 21.2 Å². The summed E-state index contributed by atoms with van der Waals surface area (Å²) in [6.45, 7) is 10.7. The minimum Gasteiger partial charge on any atom is -0.456 e. The summed E-state index contributed by atoms with van der Waals surface area (Å²) in [6, 6.07) is 14.9. The molecule has 10 nitrogen and oxygen atoms in total. The van der Waals surface area contributed by atoms with E-state index >= 15 is 0 Å². The second kappa shape index (κ2) is 13.7. The van der Waals surface area contributed by atoms with Gasteiger partial charge in [-0.2, -0.15) is 0 Å². The first-order chi connectivity index (χ1) is 20.0. The van der Waals surface area contributed by atoms with Gasteiger partial charge < -0.3 is 29.9 Å². The molecule has 0 aliphatic rings. The van der Waals surface area contributed by atoms with Crippen LogP contribution in [0.25, 0.3) is 11.0 Å². The number of benzene rings is 2. The summed E-state index contributed by atoms with van der Waals surface area (Å²) >= 11 is 6.61. The number of oxime groups is 1. The molecule has 0 fully saturated rings. The van der Waals surface area contributed by atoms with Gasteiger partial charge in [-0.25, -0.2) is 9.97 Å². The zero-order chi connectivity index (χ0) is 30.3. The van der Waals surface area contributed by atoms with Gasteiger partial charge in [-0.05, 0) is 63.1 Å². The summed E-state index contributed by atoms with van der Waals surface area (Å²) in [4.78, 5) is 26.3. The van der Waals surface area contributed by atoms with Gasteiger partial charge >= 0.3 is 0 Å². The molecule has 0 unspecified atom stereocenters. The average Bonchev–Trinajstić information content (AvgIpc) is 3.33. The van der Waals surface area contributed by atoms with Gasteiger partial charge in [0.25, 0.3) is 0 Å². The minimum atomic E-state index is -1.06. The lowest BCUT2D eigenvalue weighted by Crippen LogP contribution is -2.33. The second-order valence-corrected chi connectivity index (χ2v) is 11.5. The Bertz CT molecular complexity index is 1560. The van der Waals surface area contributed by atoms with Gasteiger partial charge in [0.2, 0.25) is 5.91 Å². The molecule has 0 saturated heterocycles. The lowest BCUT2D eigenvalue weighted by Gasteiger charge is -2.16. The Labute approximate surface area is 250 Å². The Morgan fingerprint density at radius 1 is 1.17 bits per heavy atom. The molecule has 0 saturated carbocycles. The fourth-order valence-corrected chi connectivity index (χ4v) is 4.35. The van der Waals surface area contributed by atoms with E-state index in [-0.39, 0.29) is 12.3 Å². The SMILES string of the molecule is C/C(=N/OCC(C)C)c1cccc(Oc2ccc(Nc3ncnc4ccn(CCNC(=O)CC(C)(C)O)c34)cc2Cl)c1. The van der Waals surface area contributed by atoms with E-state index in [0.717, 1.165) is 28.0 Å². The Kier molecular flexibility index (Phi) is 10.0. The topological polar surface area (TPSA) is 123 Å². The van der Waals surface area contributed by atoms with E-state index in [1.165, 1.54) is 6.33 Å². The van der Waals surface area contributed by atoms with Crippen LogP contribution in [0.15, 0.2) is 66.2 Å². The molecular formula is C31H37ClN6O4. The zero-order valence-corrected chi connectivity index (χ0v) is 25.3. The van der Waals surface area contributed by atoms with Crippen LogP contribution in [0.5, 0.6) is 11.5 Å². The van der Waals surface area contributed by atoms with Crippen molar-refractivity contribution in [3.8, 4) is 11.5 Å². The number of nitrogens with zero attached hydrogens (tertiary/aromatic N) is 4. The lowest BCUT2D eigenvalue weighted by molar-refractivity contribution is -0.124. The number of ether oxygens (including phenoxy) is 1. The van der Waals surface area contributed by atoms with Crippen molar-refractivity contribution in [2.45, 2.75) is 53.2 Å². The normalized spacial score (nSPS) is 12.0. The molecule has 2 aromatic heterocycles. The average molecular weight is 593 g/mol. The van der Waals surface area contributed by atoms with Crippen LogP contribution < -0.4 is 15.4 Å². The number of anilines is 2. The van der Waals surface area contributed by atoms with Crippen molar-refractivity contribution in [2.24, 2.45) is 11.1 Å². The summed E-state index contributed by atoms with van der Waals surface area (Å²) in [5.41, 5.74) is 2.85. The van der Waals surface area contributed by atoms with Gasteiger partial charge in [-0.1, -0.05) is 42.7 Å². The molecule has 2 heterocycles. The Morgan fingerprint density at radius 2 is 1.98 bits per heavy atom. The largest absolute Gasteiger partial charge is 0.456 e. The van der Waals surface area contributed by atoms with Crippen molar-refractivity contribution < 1.29 is 19.5 Å². The number of amides is 1. The van der Waals surface area contributed by atoms with Crippen molar-refractivity contribution >= 4 is 45.8 Å². The van der Waals surface area contributed by atoms with Gasteiger partial charge in [-0.15, -0.1) is 0 Å². The molecule has 0 bridgehead atoms. The number of fused-ring (bicyclic) bond motifs is 1. The number of rotatable bonds is 13. The number of carbonyl (C=O) groups excluding carboxylic acids is 1. The predicted octanol–water partition coefficient (Wildman–Crippen LogP) is 6.29. The number of aromatic nitrogens is 3. The summed E-state index contributed by atoms with van der Waals surface area (Å²) in [7, 11) is 0. The lowest BCUT2D eigenvalue weighted by atomic mass is 10.1. The molecule has 2 aromatic carbocycles. The van der Waals surface area contributed by atoms with Crippen LogP contribution in [0.4, 0.5) is 11.5 Å². The fraction of sp³-hybridized carbons (Fsp3) is 0.355. The number of carbonyl (C=O) groups is 1. The van der Waals surface area contributed by atoms with Crippen LogP contribution >= 0.6 is 11.6 Å². The van der Waals surface area contributed by atoms with E-state index in [1.807, 2.05) is 54.1 Å². The Balaban J connectivity index is 1.44. The standard InChI is InChI=1S/C31H37ClN6O4/c1-20(2)18-41-37-21(3)22-7-6-8-24(15-22)42-27-10-9-23(16-25(27)32)36-30-29-26(34-19-35-30)11-13-38(29)14-12-33-28(39)17-31(4,5)40/h6-11,13,15-16,19-20,40H,12,14,17-18H2,1-5H3,(H,33,39)(H,34,35,36)/b37-21-. The third-order valence-electron chi connectivity index (χ3n) is 6.10. The molecule has 0 aliphatic carbocycles. The number of aliphatic hydroxyl groups is 1. The molecule has 3 N–H and O–H groups in total. The fourth-order valence-electron chi connectivity index (χ4n) is 4.13. The maximum Gasteiger partial charge on any atom is 0.222 e. The number of nitrogens with one attached hydrogen (secondary N) is 2. The van der Waals surface area contributed by atoms with Crippen molar-refractivity contribution in [1.82, 2.24) is 19.9 Å². The summed E-state index contributed by atoms with van der Waals surface area (Å²) in [5, 5.41) is 20.6. The summed E-state index contributed by atoms with van der Waals surface area (Å²) in [6.07, 6.45) is 3.42. The highest BCUT2D eigenvalue weighted by Crippen LogP contribution is 2.33. The predicted molar refractivity (Wildman–Crippen MR) is 166 cm³/mol. The molecule has 4 aromatic rings. The molecule has 0 aliphatic heterocycles. The van der Waals surface area contributed by atoms with E-state index < -0.39 is 5.60 Å². The summed E-state index contributed by atoms with van der Waals surface area (Å²) in [5.74, 6) is 1.91. The maximum absolute atomic E-state index is 12.1. The third kappa shape index (κ3) is 8.67. The molecule has 0 spiro atoms. The number of halogens is 1. The van der Waals surface area contributed by atoms with Crippen LogP contribution in [-0.2, 0) is 16.2 Å². The highest BCUT2D eigenvalue weighted by atomic mass is 35.5. The van der Waals surface area contributed by atoms with Crippen LogP contribution in [0.1, 0.15) is 46.6 Å². The highest BCUT2D eigenvalue weighted by molar-refractivity contribution is 6.32. The van der Waals surface area contributed by atoms with Gasteiger partial charge in [-0.3, -0.25) is 4.79 Å². The van der Waals surface area contributed by atoms with Gasteiger partial charge in [0.15, 0.2) is 5.82 Å². The van der Waals surface area contributed by atoms with Gasteiger partial charge in [0.05, 0.1) is 28.3 Å². The molecule has 0 atom stereocenters. The monoisotopic (exact) mass is 592 g/mol. The molecule has 42 heavy (non-hydrogen) atoms. The van der Waals surface area contributed by atoms with E-state index in [0.29, 0.717) is 48.0 Å². The Morgan fingerprint density at radius 3 is 2.71 bits per heavy atom. The molecule has 4 rings (SSSR count). The molecule has 1 amide bonds.